The van der Waals surface area contributed by atoms with Gasteiger partial charge in [-0.2, -0.15) is 0 Å². The number of Topliss-reactive ketones (excluding diaryl/α,β-unsaturated/α-hetero) is 1. The number of ketones is 1. The van der Waals surface area contributed by atoms with Gasteiger partial charge in [0.15, 0.2) is 5.78 Å². The third-order valence-electron chi connectivity index (χ3n) is 3.46. The Morgan fingerprint density at radius 3 is 2.50 bits per heavy atom. The second kappa shape index (κ2) is 2.57. The van der Waals surface area contributed by atoms with E-state index in [0.29, 0.717) is 5.78 Å². The van der Waals surface area contributed by atoms with Gasteiger partial charge in [0, 0.05) is 11.0 Å². The normalized spacial score (nSPS) is 21.9. The van der Waals surface area contributed by atoms with Crippen LogP contribution in [0.25, 0.3) is 0 Å². The molecule has 0 atom stereocenters. The molecule has 1 spiro atoms. The number of carbonyl (C=O) groups is 1. The summed E-state index contributed by atoms with van der Waals surface area (Å²) in [4.78, 5) is 12.2. The lowest BCUT2D eigenvalue weighted by atomic mass is 9.81. The Balaban J connectivity index is 2.09. The molecular formula is C13H12O. The van der Waals surface area contributed by atoms with Crippen LogP contribution in [0.2, 0.25) is 0 Å². The van der Waals surface area contributed by atoms with Gasteiger partial charge in [-0.15, -0.1) is 0 Å². The van der Waals surface area contributed by atoms with E-state index in [4.69, 9.17) is 0 Å². The number of carbonyl (C=O) groups excluding carboxylic acids is 1. The van der Waals surface area contributed by atoms with Gasteiger partial charge < -0.3 is 0 Å². The first-order valence-corrected chi connectivity index (χ1v) is 5.10. The maximum atomic E-state index is 12.2. The predicted octanol–water partition coefficient (Wildman–Crippen LogP) is 2.76. The SMILES string of the molecule is O=C1c2ccccc2CC12CC=CC2. The number of hydrogen-bond acceptors (Lipinski definition) is 1. The van der Waals surface area contributed by atoms with Crippen molar-refractivity contribution >= 4 is 5.78 Å². The van der Waals surface area contributed by atoms with Crippen molar-refractivity contribution in [2.24, 2.45) is 5.41 Å². The van der Waals surface area contributed by atoms with Gasteiger partial charge in [0.25, 0.3) is 0 Å². The largest absolute Gasteiger partial charge is 0.294 e. The van der Waals surface area contributed by atoms with E-state index >= 15 is 0 Å². The van der Waals surface area contributed by atoms with Gasteiger partial charge in [-0.25, -0.2) is 0 Å². The molecule has 1 aromatic rings. The van der Waals surface area contributed by atoms with Gasteiger partial charge in [-0.1, -0.05) is 36.4 Å². The second-order valence-corrected chi connectivity index (χ2v) is 4.32. The molecule has 0 heterocycles. The third kappa shape index (κ3) is 0.872. The molecule has 0 radical (unpaired) electrons. The van der Waals surface area contributed by atoms with E-state index in [2.05, 4.69) is 18.2 Å². The molecule has 0 saturated heterocycles. The molecule has 0 amide bonds. The lowest BCUT2D eigenvalue weighted by Crippen LogP contribution is -2.24. The van der Waals surface area contributed by atoms with Crippen LogP contribution in [0.5, 0.6) is 0 Å². The summed E-state index contributed by atoms with van der Waals surface area (Å²) < 4.78 is 0. The number of benzene rings is 1. The summed E-state index contributed by atoms with van der Waals surface area (Å²) in [5.41, 5.74) is 2.10. The van der Waals surface area contributed by atoms with Gasteiger partial charge in [0.05, 0.1) is 0 Å². The van der Waals surface area contributed by atoms with Crippen molar-refractivity contribution in [3.63, 3.8) is 0 Å². The highest BCUT2D eigenvalue weighted by molar-refractivity contribution is 6.05. The summed E-state index contributed by atoms with van der Waals surface area (Å²) in [7, 11) is 0. The van der Waals surface area contributed by atoms with E-state index in [-0.39, 0.29) is 5.41 Å². The number of fused-ring (bicyclic) bond motifs is 1. The lowest BCUT2D eigenvalue weighted by Gasteiger charge is -2.19. The predicted molar refractivity (Wildman–Crippen MR) is 55.3 cm³/mol. The van der Waals surface area contributed by atoms with E-state index in [9.17, 15) is 4.79 Å². The zero-order chi connectivity index (χ0) is 9.60. The Morgan fingerprint density at radius 1 is 1.07 bits per heavy atom. The van der Waals surface area contributed by atoms with Crippen LogP contribution >= 0.6 is 0 Å². The first-order valence-electron chi connectivity index (χ1n) is 5.10. The first-order chi connectivity index (χ1) is 6.82. The summed E-state index contributed by atoms with van der Waals surface area (Å²) in [6.07, 6.45) is 7.09. The molecule has 70 valence electrons. The Labute approximate surface area is 83.4 Å². The van der Waals surface area contributed by atoms with Crippen LogP contribution in [0.15, 0.2) is 36.4 Å². The van der Waals surface area contributed by atoms with Crippen LogP contribution in [-0.2, 0) is 6.42 Å². The molecule has 3 rings (SSSR count). The van der Waals surface area contributed by atoms with Crippen LogP contribution in [0.4, 0.5) is 0 Å². The zero-order valence-corrected chi connectivity index (χ0v) is 7.99. The van der Waals surface area contributed by atoms with Crippen LogP contribution in [0.1, 0.15) is 28.8 Å². The molecule has 14 heavy (non-hydrogen) atoms. The zero-order valence-electron chi connectivity index (χ0n) is 7.99. The minimum Gasteiger partial charge on any atom is -0.294 e. The number of allylic oxidation sites excluding steroid dienone is 2. The number of hydrogen-bond donors (Lipinski definition) is 0. The van der Waals surface area contributed by atoms with Crippen molar-refractivity contribution in [2.45, 2.75) is 19.3 Å². The van der Waals surface area contributed by atoms with Crippen LogP contribution in [0.3, 0.4) is 0 Å². The maximum Gasteiger partial charge on any atom is 0.170 e. The topological polar surface area (TPSA) is 17.1 Å². The quantitative estimate of drug-likeness (QED) is 0.566. The van der Waals surface area contributed by atoms with E-state index in [1.807, 2.05) is 18.2 Å². The van der Waals surface area contributed by atoms with E-state index in [0.717, 1.165) is 24.8 Å². The Morgan fingerprint density at radius 2 is 1.79 bits per heavy atom. The fraction of sp³-hybridized carbons (Fsp3) is 0.308. The molecule has 1 nitrogen and oxygen atoms in total. The van der Waals surface area contributed by atoms with Crippen molar-refractivity contribution in [3.05, 3.63) is 47.5 Å². The van der Waals surface area contributed by atoms with E-state index < -0.39 is 0 Å². The van der Waals surface area contributed by atoms with Gasteiger partial charge in [-0.05, 0) is 24.8 Å². The molecule has 0 bridgehead atoms. The van der Waals surface area contributed by atoms with Crippen molar-refractivity contribution in [3.8, 4) is 0 Å². The second-order valence-electron chi connectivity index (χ2n) is 4.32. The van der Waals surface area contributed by atoms with Crippen molar-refractivity contribution in [2.75, 3.05) is 0 Å². The Kier molecular flexibility index (Phi) is 1.46. The molecule has 0 aromatic heterocycles. The van der Waals surface area contributed by atoms with Gasteiger partial charge in [0.2, 0.25) is 0 Å². The highest BCUT2D eigenvalue weighted by Gasteiger charge is 2.44. The third-order valence-corrected chi connectivity index (χ3v) is 3.46. The summed E-state index contributed by atoms with van der Waals surface area (Å²) >= 11 is 0. The molecule has 0 aliphatic heterocycles. The van der Waals surface area contributed by atoms with Gasteiger partial charge in [-0.3, -0.25) is 4.79 Å². The van der Waals surface area contributed by atoms with E-state index in [1.54, 1.807) is 0 Å². The average molecular weight is 184 g/mol. The highest BCUT2D eigenvalue weighted by Crippen LogP contribution is 2.45. The summed E-state index contributed by atoms with van der Waals surface area (Å²) in [6.45, 7) is 0. The summed E-state index contributed by atoms with van der Waals surface area (Å²) in [5, 5.41) is 0. The fourth-order valence-corrected chi connectivity index (χ4v) is 2.66. The van der Waals surface area contributed by atoms with Gasteiger partial charge >= 0.3 is 0 Å². The Hall–Kier alpha value is -1.37. The Bertz CT molecular complexity index is 421. The summed E-state index contributed by atoms with van der Waals surface area (Å²) in [6, 6.07) is 8.02. The minimum atomic E-state index is -0.0936. The molecular weight excluding hydrogens is 172 g/mol. The van der Waals surface area contributed by atoms with E-state index in [1.165, 1.54) is 5.56 Å². The molecule has 1 aromatic carbocycles. The standard InChI is InChI=1S/C13H12O/c14-12-11-6-2-1-5-10(11)9-13(12)7-3-4-8-13/h1-6H,7-9H2. The highest BCUT2D eigenvalue weighted by atomic mass is 16.1. The van der Waals surface area contributed by atoms with Crippen molar-refractivity contribution in [1.29, 1.82) is 0 Å². The van der Waals surface area contributed by atoms with Crippen LogP contribution in [-0.4, -0.2) is 5.78 Å². The minimum absolute atomic E-state index is 0.0936. The molecule has 2 aliphatic carbocycles. The summed E-state index contributed by atoms with van der Waals surface area (Å²) in [5.74, 6) is 0.359. The average Bonchev–Trinajstić information content (AvgIpc) is 2.77. The van der Waals surface area contributed by atoms with Crippen LogP contribution < -0.4 is 0 Å². The monoisotopic (exact) mass is 184 g/mol. The molecule has 0 fully saturated rings. The van der Waals surface area contributed by atoms with Crippen molar-refractivity contribution in [1.82, 2.24) is 0 Å². The first kappa shape index (κ1) is 7.98. The van der Waals surface area contributed by atoms with Crippen LogP contribution in [0, 0.1) is 5.41 Å². The molecule has 2 aliphatic rings. The molecule has 0 N–H and O–H groups in total. The molecule has 0 saturated carbocycles. The van der Waals surface area contributed by atoms with Gasteiger partial charge in [0.1, 0.15) is 0 Å². The molecule has 0 unspecified atom stereocenters. The molecule has 1 heteroatoms. The van der Waals surface area contributed by atoms with Crippen molar-refractivity contribution < 1.29 is 4.79 Å². The number of rotatable bonds is 0. The smallest absolute Gasteiger partial charge is 0.170 e. The maximum absolute atomic E-state index is 12.2. The lowest BCUT2D eigenvalue weighted by molar-refractivity contribution is 0.0835. The fourth-order valence-electron chi connectivity index (χ4n) is 2.66.